The molecule has 4 rings (SSSR count). The molecule has 8 heteroatoms. The molecule has 134 valence electrons. The van der Waals surface area contributed by atoms with Crippen LogP contribution in [0.5, 0.6) is 0 Å². The minimum absolute atomic E-state index is 0.0948. The maximum atomic E-state index is 13.3. The first-order valence-corrected chi connectivity index (χ1v) is 8.33. The number of carbonyl (C=O) groups is 1. The van der Waals surface area contributed by atoms with Crippen molar-refractivity contribution in [2.24, 2.45) is 0 Å². The molecule has 1 aliphatic rings. The summed E-state index contributed by atoms with van der Waals surface area (Å²) >= 11 is 0. The molecule has 1 aliphatic heterocycles. The predicted octanol–water partition coefficient (Wildman–Crippen LogP) is 2.43. The van der Waals surface area contributed by atoms with Gasteiger partial charge in [0.2, 0.25) is 0 Å². The zero-order chi connectivity index (χ0) is 17.9. The van der Waals surface area contributed by atoms with Crippen LogP contribution in [0.15, 0.2) is 51.6 Å². The Morgan fingerprint density at radius 2 is 2.00 bits per heavy atom. The lowest BCUT2D eigenvalue weighted by Crippen LogP contribution is -2.48. The summed E-state index contributed by atoms with van der Waals surface area (Å²) in [5.41, 5.74) is 0.553. The standard InChI is InChI=1S/C18H17FN4O3/c19-14-4-1-3-13(11-14)17-20-16(21-26-17)12-22-6-8-23(9-7-22)18(24)15-5-2-10-25-15/h1-5,10-11H,6-9,12H2. The van der Waals surface area contributed by atoms with Gasteiger partial charge >= 0.3 is 0 Å². The van der Waals surface area contributed by atoms with E-state index in [0.717, 1.165) is 0 Å². The normalized spacial score (nSPS) is 15.3. The van der Waals surface area contributed by atoms with Gasteiger partial charge < -0.3 is 13.8 Å². The molecule has 0 bridgehead atoms. The largest absolute Gasteiger partial charge is 0.459 e. The van der Waals surface area contributed by atoms with E-state index >= 15 is 0 Å². The monoisotopic (exact) mass is 356 g/mol. The predicted molar refractivity (Wildman–Crippen MR) is 89.6 cm³/mol. The number of piperazine rings is 1. The number of hydrogen-bond acceptors (Lipinski definition) is 6. The highest BCUT2D eigenvalue weighted by atomic mass is 19.1. The summed E-state index contributed by atoms with van der Waals surface area (Å²) in [6, 6.07) is 9.42. The number of rotatable bonds is 4. The molecule has 7 nitrogen and oxygen atoms in total. The summed E-state index contributed by atoms with van der Waals surface area (Å²) in [7, 11) is 0. The van der Waals surface area contributed by atoms with Gasteiger partial charge in [-0.25, -0.2) is 4.39 Å². The van der Waals surface area contributed by atoms with Crippen molar-refractivity contribution >= 4 is 5.91 Å². The zero-order valence-corrected chi connectivity index (χ0v) is 14.0. The van der Waals surface area contributed by atoms with Crippen LogP contribution in [-0.2, 0) is 6.54 Å². The van der Waals surface area contributed by atoms with E-state index in [1.54, 1.807) is 29.2 Å². The van der Waals surface area contributed by atoms with Gasteiger partial charge in [0.25, 0.3) is 11.8 Å². The van der Waals surface area contributed by atoms with Crippen molar-refractivity contribution in [2.45, 2.75) is 6.54 Å². The molecule has 3 heterocycles. The smallest absolute Gasteiger partial charge is 0.289 e. The van der Waals surface area contributed by atoms with E-state index in [0.29, 0.717) is 55.8 Å². The Kier molecular flexibility index (Phi) is 4.49. The fourth-order valence-corrected chi connectivity index (χ4v) is 2.92. The number of carbonyl (C=O) groups excluding carboxylic acids is 1. The van der Waals surface area contributed by atoms with Crippen molar-refractivity contribution < 1.29 is 18.1 Å². The van der Waals surface area contributed by atoms with Gasteiger partial charge in [0.15, 0.2) is 11.6 Å². The Labute approximate surface area is 149 Å². The molecule has 26 heavy (non-hydrogen) atoms. The first-order chi connectivity index (χ1) is 12.7. The highest BCUT2D eigenvalue weighted by molar-refractivity contribution is 5.91. The van der Waals surface area contributed by atoms with Crippen LogP contribution in [0.4, 0.5) is 4.39 Å². The third-order valence-corrected chi connectivity index (χ3v) is 4.30. The molecule has 1 aromatic carbocycles. The molecule has 1 amide bonds. The minimum atomic E-state index is -0.348. The molecule has 0 spiro atoms. The number of nitrogens with zero attached hydrogens (tertiary/aromatic N) is 4. The van der Waals surface area contributed by atoms with Gasteiger partial charge in [0, 0.05) is 31.7 Å². The molecule has 1 saturated heterocycles. The molecule has 1 fully saturated rings. The number of hydrogen-bond donors (Lipinski definition) is 0. The quantitative estimate of drug-likeness (QED) is 0.715. The molecule has 0 atom stereocenters. The van der Waals surface area contributed by atoms with Crippen LogP contribution >= 0.6 is 0 Å². The second-order valence-corrected chi connectivity index (χ2v) is 6.07. The number of aromatic nitrogens is 2. The van der Waals surface area contributed by atoms with Crippen LogP contribution in [-0.4, -0.2) is 52.0 Å². The fourth-order valence-electron chi connectivity index (χ4n) is 2.92. The highest BCUT2D eigenvalue weighted by Crippen LogP contribution is 2.19. The minimum Gasteiger partial charge on any atom is -0.459 e. The van der Waals surface area contributed by atoms with Gasteiger partial charge in [-0.3, -0.25) is 9.69 Å². The summed E-state index contributed by atoms with van der Waals surface area (Å²) < 4.78 is 23.7. The van der Waals surface area contributed by atoms with Crippen molar-refractivity contribution in [2.75, 3.05) is 26.2 Å². The van der Waals surface area contributed by atoms with E-state index < -0.39 is 0 Å². The Bertz CT molecular complexity index is 885. The Morgan fingerprint density at radius 1 is 1.15 bits per heavy atom. The van der Waals surface area contributed by atoms with Crippen LogP contribution in [0.3, 0.4) is 0 Å². The Balaban J connectivity index is 1.34. The fraction of sp³-hybridized carbons (Fsp3) is 0.278. The topological polar surface area (TPSA) is 75.6 Å². The highest BCUT2D eigenvalue weighted by Gasteiger charge is 2.24. The van der Waals surface area contributed by atoms with E-state index in [1.165, 1.54) is 18.4 Å². The zero-order valence-electron chi connectivity index (χ0n) is 14.0. The van der Waals surface area contributed by atoms with Crippen LogP contribution < -0.4 is 0 Å². The van der Waals surface area contributed by atoms with Crippen LogP contribution in [0.2, 0.25) is 0 Å². The molecule has 0 N–H and O–H groups in total. The van der Waals surface area contributed by atoms with E-state index in [-0.39, 0.29) is 11.7 Å². The second kappa shape index (κ2) is 7.09. The maximum absolute atomic E-state index is 13.3. The SMILES string of the molecule is O=C(c1ccco1)N1CCN(Cc2noc(-c3cccc(F)c3)n2)CC1. The molecular weight excluding hydrogens is 339 g/mol. The van der Waals surface area contributed by atoms with E-state index in [9.17, 15) is 9.18 Å². The van der Waals surface area contributed by atoms with Gasteiger partial charge in [-0.2, -0.15) is 4.98 Å². The molecule has 2 aromatic heterocycles. The van der Waals surface area contributed by atoms with Crippen molar-refractivity contribution in [3.8, 4) is 11.5 Å². The number of furan rings is 1. The van der Waals surface area contributed by atoms with Crippen molar-refractivity contribution in [3.63, 3.8) is 0 Å². The summed E-state index contributed by atoms with van der Waals surface area (Å²) in [5.74, 6) is 0.750. The van der Waals surface area contributed by atoms with Crippen molar-refractivity contribution in [1.82, 2.24) is 19.9 Å². The van der Waals surface area contributed by atoms with Crippen LogP contribution in [0.25, 0.3) is 11.5 Å². The van der Waals surface area contributed by atoms with Gasteiger partial charge in [0.05, 0.1) is 12.8 Å². The summed E-state index contributed by atoms with van der Waals surface area (Å²) in [5, 5.41) is 3.97. The van der Waals surface area contributed by atoms with Gasteiger partial charge in [-0.15, -0.1) is 0 Å². The third kappa shape index (κ3) is 3.50. The molecule has 0 unspecified atom stereocenters. The second-order valence-electron chi connectivity index (χ2n) is 6.07. The maximum Gasteiger partial charge on any atom is 0.289 e. The molecule has 3 aromatic rings. The lowest BCUT2D eigenvalue weighted by atomic mass is 10.2. The third-order valence-electron chi connectivity index (χ3n) is 4.30. The summed E-state index contributed by atoms with van der Waals surface area (Å²) in [4.78, 5) is 20.5. The Hall–Kier alpha value is -3.00. The molecular formula is C18H17FN4O3. The molecule has 0 radical (unpaired) electrons. The van der Waals surface area contributed by atoms with Gasteiger partial charge in [-0.05, 0) is 30.3 Å². The lowest BCUT2D eigenvalue weighted by Gasteiger charge is -2.33. The molecule has 0 aliphatic carbocycles. The number of benzene rings is 1. The van der Waals surface area contributed by atoms with E-state index in [1.807, 2.05) is 0 Å². The van der Waals surface area contributed by atoms with E-state index in [2.05, 4.69) is 15.0 Å². The first kappa shape index (κ1) is 16.5. The first-order valence-electron chi connectivity index (χ1n) is 8.33. The number of halogens is 1. The van der Waals surface area contributed by atoms with E-state index in [4.69, 9.17) is 8.94 Å². The number of amides is 1. The summed E-state index contributed by atoms with van der Waals surface area (Å²) in [6.45, 7) is 3.14. The van der Waals surface area contributed by atoms with Crippen LogP contribution in [0, 0.1) is 5.82 Å². The van der Waals surface area contributed by atoms with Gasteiger partial charge in [-0.1, -0.05) is 11.2 Å². The van der Waals surface area contributed by atoms with Crippen molar-refractivity contribution in [1.29, 1.82) is 0 Å². The summed E-state index contributed by atoms with van der Waals surface area (Å²) in [6.07, 6.45) is 1.50. The van der Waals surface area contributed by atoms with Crippen LogP contribution in [0.1, 0.15) is 16.4 Å². The lowest BCUT2D eigenvalue weighted by molar-refractivity contribution is 0.0594. The van der Waals surface area contributed by atoms with Crippen molar-refractivity contribution in [3.05, 3.63) is 60.1 Å². The average molecular weight is 356 g/mol. The van der Waals surface area contributed by atoms with Gasteiger partial charge in [0.1, 0.15) is 5.82 Å². The Morgan fingerprint density at radius 3 is 2.73 bits per heavy atom. The molecule has 0 saturated carbocycles. The average Bonchev–Trinajstić information content (AvgIpc) is 3.34.